The predicted molar refractivity (Wildman–Crippen MR) is 46.6 cm³/mol. The van der Waals surface area contributed by atoms with Crippen LogP contribution in [-0.2, 0) is 0 Å². The largest absolute Gasteiger partial charge is 0.371 e. The zero-order valence-corrected chi connectivity index (χ0v) is 7.20. The Kier molecular flexibility index (Phi) is 2.47. The summed E-state index contributed by atoms with van der Waals surface area (Å²) in [5, 5.41) is 0. The molecule has 0 spiro atoms. The molecular formula is C9H13N2. The molecule has 2 nitrogen and oxygen atoms in total. The zero-order valence-electron chi connectivity index (χ0n) is 7.20. The van der Waals surface area contributed by atoms with Crippen LogP contribution in [0.1, 0.15) is 13.8 Å². The molecule has 0 saturated carbocycles. The normalized spacial score (nSPS) is 10.2. The minimum Gasteiger partial charge on any atom is -0.371 e. The Bertz CT molecular complexity index is 206. The van der Waals surface area contributed by atoms with Crippen molar-refractivity contribution in [3.63, 3.8) is 0 Å². The Balaban J connectivity index is 2.77. The van der Waals surface area contributed by atoms with E-state index in [1.165, 1.54) is 0 Å². The molecule has 1 rings (SSSR count). The summed E-state index contributed by atoms with van der Waals surface area (Å²) in [4.78, 5) is 6.15. The Morgan fingerprint density at radius 3 is 2.73 bits per heavy atom. The van der Waals surface area contributed by atoms with Gasteiger partial charge in [-0.3, -0.25) is 4.98 Å². The third-order valence-corrected chi connectivity index (χ3v) is 1.77. The third kappa shape index (κ3) is 1.93. The van der Waals surface area contributed by atoms with Crippen molar-refractivity contribution in [2.24, 2.45) is 0 Å². The molecule has 0 aliphatic carbocycles. The minimum absolute atomic E-state index is 0.507. The molecule has 0 unspecified atom stereocenters. The summed E-state index contributed by atoms with van der Waals surface area (Å²) in [5.74, 6) is 0. The van der Waals surface area contributed by atoms with Gasteiger partial charge < -0.3 is 4.90 Å². The Hall–Kier alpha value is -1.05. The highest BCUT2D eigenvalue weighted by Gasteiger charge is 2.02. The van der Waals surface area contributed by atoms with Crippen molar-refractivity contribution in [3.8, 4) is 0 Å². The van der Waals surface area contributed by atoms with E-state index in [9.17, 15) is 0 Å². The maximum atomic E-state index is 3.99. The second-order valence-electron chi connectivity index (χ2n) is 2.85. The Morgan fingerprint density at radius 1 is 1.55 bits per heavy atom. The first kappa shape index (κ1) is 8.05. The van der Waals surface area contributed by atoms with Gasteiger partial charge in [-0.05, 0) is 19.9 Å². The molecule has 0 aromatic carbocycles. The topological polar surface area (TPSA) is 16.1 Å². The lowest BCUT2D eigenvalue weighted by Gasteiger charge is -2.22. The minimum atomic E-state index is 0.507. The van der Waals surface area contributed by atoms with Gasteiger partial charge >= 0.3 is 0 Å². The van der Waals surface area contributed by atoms with Gasteiger partial charge in [-0.2, -0.15) is 0 Å². The molecule has 1 aromatic rings. The first-order valence-corrected chi connectivity index (χ1v) is 3.75. The molecule has 1 aromatic heterocycles. The van der Waals surface area contributed by atoms with Crippen molar-refractivity contribution < 1.29 is 0 Å². The van der Waals surface area contributed by atoms with Gasteiger partial charge in [-0.15, -0.1) is 0 Å². The molecule has 0 bridgehead atoms. The van der Waals surface area contributed by atoms with Crippen LogP contribution in [-0.4, -0.2) is 18.1 Å². The van der Waals surface area contributed by atoms with Gasteiger partial charge in [0.25, 0.3) is 0 Å². The average Bonchev–Trinajstić information content (AvgIpc) is 2.05. The van der Waals surface area contributed by atoms with Crippen molar-refractivity contribution in [2.45, 2.75) is 19.9 Å². The molecule has 0 aliphatic heterocycles. The molecule has 59 valence electrons. The molecule has 2 heteroatoms. The smallest absolute Gasteiger partial charge is 0.0558 e. The maximum absolute atomic E-state index is 3.99. The monoisotopic (exact) mass is 149 g/mol. The number of aromatic nitrogens is 1. The van der Waals surface area contributed by atoms with Gasteiger partial charge in [0.2, 0.25) is 0 Å². The highest BCUT2D eigenvalue weighted by Crippen LogP contribution is 2.11. The molecule has 0 aliphatic rings. The molecule has 0 N–H and O–H groups in total. The number of anilines is 1. The zero-order chi connectivity index (χ0) is 8.27. The van der Waals surface area contributed by atoms with Gasteiger partial charge in [-0.25, -0.2) is 0 Å². The van der Waals surface area contributed by atoms with Crippen LogP contribution < -0.4 is 4.90 Å². The first-order valence-electron chi connectivity index (χ1n) is 3.75. The van der Waals surface area contributed by atoms with Crippen LogP contribution in [0.5, 0.6) is 0 Å². The maximum Gasteiger partial charge on any atom is 0.0558 e. The molecule has 0 saturated heterocycles. The highest BCUT2D eigenvalue weighted by molar-refractivity contribution is 5.42. The highest BCUT2D eigenvalue weighted by atomic mass is 15.1. The molecular weight excluding hydrogens is 136 g/mol. The van der Waals surface area contributed by atoms with Crippen LogP contribution in [0.3, 0.4) is 0 Å². The summed E-state index contributed by atoms with van der Waals surface area (Å²) in [6, 6.07) is 5.39. The number of pyridine rings is 1. The van der Waals surface area contributed by atoms with Gasteiger partial charge in [-0.1, -0.05) is 0 Å². The van der Waals surface area contributed by atoms with Gasteiger partial charge in [0.05, 0.1) is 11.9 Å². The fourth-order valence-electron chi connectivity index (χ4n) is 0.808. The lowest BCUT2D eigenvalue weighted by molar-refractivity contribution is 0.753. The van der Waals surface area contributed by atoms with E-state index in [0.29, 0.717) is 6.04 Å². The standard InChI is InChI=1S/C9H13N2/c1-8(2)11(3)9-5-4-6-10-7-9/h5-8H,1-3H3. The lowest BCUT2D eigenvalue weighted by atomic mass is 10.3. The van der Waals surface area contributed by atoms with Crippen molar-refractivity contribution in [1.29, 1.82) is 0 Å². The van der Waals surface area contributed by atoms with Crippen molar-refractivity contribution in [2.75, 3.05) is 11.9 Å². The first-order chi connectivity index (χ1) is 5.22. The van der Waals surface area contributed by atoms with Crippen LogP contribution in [0, 0.1) is 6.07 Å². The van der Waals surface area contributed by atoms with Crippen molar-refractivity contribution in [3.05, 3.63) is 24.5 Å². The van der Waals surface area contributed by atoms with Crippen LogP contribution >= 0.6 is 0 Å². The second kappa shape index (κ2) is 3.37. The van der Waals surface area contributed by atoms with Gasteiger partial charge in [0, 0.05) is 25.4 Å². The number of hydrogen-bond acceptors (Lipinski definition) is 2. The van der Waals surface area contributed by atoms with Crippen LogP contribution in [0.25, 0.3) is 0 Å². The number of nitrogens with zero attached hydrogens (tertiary/aromatic N) is 2. The molecule has 11 heavy (non-hydrogen) atoms. The average molecular weight is 149 g/mol. The van der Waals surface area contributed by atoms with Crippen LogP contribution in [0.4, 0.5) is 5.69 Å². The van der Waals surface area contributed by atoms with E-state index in [4.69, 9.17) is 0 Å². The third-order valence-electron chi connectivity index (χ3n) is 1.77. The van der Waals surface area contributed by atoms with E-state index < -0.39 is 0 Å². The van der Waals surface area contributed by atoms with E-state index in [1.807, 2.05) is 12.3 Å². The van der Waals surface area contributed by atoms with E-state index >= 15 is 0 Å². The summed E-state index contributed by atoms with van der Waals surface area (Å²) in [6.45, 7) is 4.29. The molecule has 0 amide bonds. The fourth-order valence-corrected chi connectivity index (χ4v) is 0.808. The molecule has 1 radical (unpaired) electrons. The second-order valence-corrected chi connectivity index (χ2v) is 2.85. The summed E-state index contributed by atoms with van der Waals surface area (Å²) in [5.41, 5.74) is 1.11. The SMILES string of the molecule is CC(C)N(C)c1c[c]cnc1. The molecule has 1 heterocycles. The fraction of sp³-hybridized carbons (Fsp3) is 0.444. The summed E-state index contributed by atoms with van der Waals surface area (Å²) in [6.07, 6.45) is 3.51. The molecule has 0 fully saturated rings. The quantitative estimate of drug-likeness (QED) is 0.636. The Labute approximate surface area is 67.9 Å². The summed E-state index contributed by atoms with van der Waals surface area (Å²) >= 11 is 0. The summed E-state index contributed by atoms with van der Waals surface area (Å²) in [7, 11) is 2.05. The number of rotatable bonds is 2. The lowest BCUT2D eigenvalue weighted by Crippen LogP contribution is -2.25. The van der Waals surface area contributed by atoms with E-state index in [1.54, 1.807) is 6.20 Å². The van der Waals surface area contributed by atoms with Crippen molar-refractivity contribution in [1.82, 2.24) is 4.98 Å². The number of hydrogen-bond donors (Lipinski definition) is 0. The van der Waals surface area contributed by atoms with Gasteiger partial charge in [0.1, 0.15) is 0 Å². The van der Waals surface area contributed by atoms with Crippen LogP contribution in [0.2, 0.25) is 0 Å². The Morgan fingerprint density at radius 2 is 2.27 bits per heavy atom. The van der Waals surface area contributed by atoms with Crippen molar-refractivity contribution >= 4 is 5.69 Å². The van der Waals surface area contributed by atoms with E-state index in [0.717, 1.165) is 5.69 Å². The summed E-state index contributed by atoms with van der Waals surface area (Å²) < 4.78 is 0. The van der Waals surface area contributed by atoms with E-state index in [-0.39, 0.29) is 0 Å². The predicted octanol–water partition coefficient (Wildman–Crippen LogP) is 1.73. The van der Waals surface area contributed by atoms with E-state index in [2.05, 4.69) is 36.8 Å². The molecule has 0 atom stereocenters. The van der Waals surface area contributed by atoms with Crippen LogP contribution in [0.15, 0.2) is 18.5 Å². The van der Waals surface area contributed by atoms with Gasteiger partial charge in [0.15, 0.2) is 0 Å².